The van der Waals surface area contributed by atoms with Gasteiger partial charge in [0.05, 0.1) is 0 Å². The van der Waals surface area contributed by atoms with Gasteiger partial charge < -0.3 is 10.4 Å². The molecule has 0 atom stereocenters. The topological polar surface area (TPSA) is 65.5 Å². The number of halogens is 2. The van der Waals surface area contributed by atoms with Gasteiger partial charge in [-0.3, -0.25) is 9.88 Å². The van der Waals surface area contributed by atoms with E-state index in [0.29, 0.717) is 0 Å². The van der Waals surface area contributed by atoms with Crippen LogP contribution in [-0.4, -0.2) is 40.2 Å². The zero-order valence-electron chi connectivity index (χ0n) is 12.4. The average Bonchev–Trinajstić information content (AvgIpc) is 2.50. The van der Waals surface area contributed by atoms with Crippen LogP contribution in [0.5, 0.6) is 0 Å². The molecular weight excluding hydrogens is 382 g/mol. The molecule has 7 heteroatoms. The second-order valence-electron chi connectivity index (χ2n) is 5.79. The molecule has 1 aromatic carbocycles. The number of likely N-dealkylation sites (tertiary alicyclic amines) is 1. The number of rotatable bonds is 3. The minimum Gasteiger partial charge on any atom is -0.465 e. The predicted molar refractivity (Wildman–Crippen MR) is 93.9 cm³/mol. The lowest BCUT2D eigenvalue weighted by Crippen LogP contribution is -2.43. The molecule has 1 aromatic heterocycles. The Bertz CT molecular complexity index is 733. The summed E-state index contributed by atoms with van der Waals surface area (Å²) in [5.41, 5.74) is 1.08. The highest BCUT2D eigenvalue weighted by Gasteiger charge is 2.21. The van der Waals surface area contributed by atoms with Crippen LogP contribution < -0.4 is 5.32 Å². The summed E-state index contributed by atoms with van der Waals surface area (Å²) in [4.78, 5) is 17.2. The number of nitrogens with zero attached hydrogens (tertiary/aromatic N) is 2. The van der Waals surface area contributed by atoms with Crippen molar-refractivity contribution in [2.75, 3.05) is 13.1 Å². The van der Waals surface area contributed by atoms with Crippen LogP contribution >= 0.6 is 27.5 Å². The van der Waals surface area contributed by atoms with Crippen LogP contribution in [0.4, 0.5) is 4.79 Å². The molecule has 0 spiro atoms. The number of hydrogen-bond acceptors (Lipinski definition) is 3. The first-order valence-corrected chi connectivity index (χ1v) is 8.63. The van der Waals surface area contributed by atoms with Gasteiger partial charge >= 0.3 is 6.09 Å². The Kier molecular flexibility index (Phi) is 5.04. The van der Waals surface area contributed by atoms with Gasteiger partial charge in [0.1, 0.15) is 0 Å². The van der Waals surface area contributed by atoms with Crippen molar-refractivity contribution in [3.8, 4) is 0 Å². The van der Waals surface area contributed by atoms with Gasteiger partial charge in [0.25, 0.3) is 0 Å². The van der Waals surface area contributed by atoms with Crippen molar-refractivity contribution in [3.63, 3.8) is 0 Å². The lowest BCUT2D eigenvalue weighted by atomic mass is 10.0. The number of carbonyl (C=O) groups is 1. The Morgan fingerprint density at radius 1 is 1.39 bits per heavy atom. The number of benzene rings is 1. The van der Waals surface area contributed by atoms with Crippen molar-refractivity contribution in [2.45, 2.75) is 25.4 Å². The van der Waals surface area contributed by atoms with E-state index >= 15 is 0 Å². The minimum atomic E-state index is -0.945. The van der Waals surface area contributed by atoms with Crippen molar-refractivity contribution in [2.24, 2.45) is 0 Å². The van der Waals surface area contributed by atoms with Crippen molar-refractivity contribution in [3.05, 3.63) is 39.6 Å². The van der Waals surface area contributed by atoms with Crippen LogP contribution in [-0.2, 0) is 6.54 Å². The quantitative estimate of drug-likeness (QED) is 0.823. The highest BCUT2D eigenvalue weighted by molar-refractivity contribution is 9.10. The number of hydrogen-bond donors (Lipinski definition) is 2. The lowest BCUT2D eigenvalue weighted by Gasteiger charge is -2.32. The SMILES string of the molecule is O=C(O)NC1CCN(Cc2cc3c(Br)cncc3cc2Cl)CC1. The van der Waals surface area contributed by atoms with E-state index in [1.807, 2.05) is 6.07 Å². The van der Waals surface area contributed by atoms with Gasteiger partial charge in [-0.15, -0.1) is 0 Å². The Morgan fingerprint density at radius 3 is 2.83 bits per heavy atom. The molecule has 2 N–H and O–H groups in total. The molecule has 0 bridgehead atoms. The van der Waals surface area contributed by atoms with Crippen molar-refractivity contribution in [1.29, 1.82) is 0 Å². The summed E-state index contributed by atoms with van der Waals surface area (Å²) in [7, 11) is 0. The van der Waals surface area contributed by atoms with Gasteiger partial charge in [-0.2, -0.15) is 0 Å². The third-order valence-corrected chi connectivity index (χ3v) is 5.17. The third kappa shape index (κ3) is 3.94. The highest BCUT2D eigenvalue weighted by Crippen LogP contribution is 2.29. The molecule has 1 aliphatic heterocycles. The van der Waals surface area contributed by atoms with E-state index in [4.69, 9.17) is 16.7 Å². The van der Waals surface area contributed by atoms with E-state index in [1.165, 1.54) is 0 Å². The van der Waals surface area contributed by atoms with Gasteiger partial charge in [-0.25, -0.2) is 4.79 Å². The van der Waals surface area contributed by atoms with Gasteiger partial charge in [-0.05, 0) is 51.9 Å². The number of carboxylic acid groups (broad SMARTS) is 1. The second kappa shape index (κ2) is 7.03. The van der Waals surface area contributed by atoms with Crippen LogP contribution in [0, 0.1) is 0 Å². The maximum atomic E-state index is 10.7. The minimum absolute atomic E-state index is 0.0519. The monoisotopic (exact) mass is 397 g/mol. The van der Waals surface area contributed by atoms with Gasteiger partial charge in [0.2, 0.25) is 0 Å². The molecule has 0 unspecified atom stereocenters. The number of fused-ring (bicyclic) bond motifs is 1. The summed E-state index contributed by atoms with van der Waals surface area (Å²) in [5, 5.41) is 14.2. The maximum absolute atomic E-state index is 10.7. The molecular formula is C16H17BrClN3O2. The summed E-state index contributed by atoms with van der Waals surface area (Å²) < 4.78 is 0.956. The zero-order chi connectivity index (χ0) is 16.4. The smallest absolute Gasteiger partial charge is 0.404 e. The number of aromatic nitrogens is 1. The maximum Gasteiger partial charge on any atom is 0.404 e. The van der Waals surface area contributed by atoms with Crippen LogP contribution in [0.2, 0.25) is 5.02 Å². The molecule has 1 fully saturated rings. The highest BCUT2D eigenvalue weighted by atomic mass is 79.9. The Balaban J connectivity index is 1.71. The predicted octanol–water partition coefficient (Wildman–Crippen LogP) is 3.88. The molecule has 1 amide bonds. The van der Waals surface area contributed by atoms with Crippen molar-refractivity contribution < 1.29 is 9.90 Å². The molecule has 122 valence electrons. The lowest BCUT2D eigenvalue weighted by molar-refractivity contribution is 0.165. The van der Waals surface area contributed by atoms with Gasteiger partial charge in [0, 0.05) is 53.0 Å². The third-order valence-electron chi connectivity index (χ3n) is 4.19. The first-order chi connectivity index (χ1) is 11.0. The summed E-state index contributed by atoms with van der Waals surface area (Å²) >= 11 is 9.94. The van der Waals surface area contributed by atoms with E-state index < -0.39 is 6.09 Å². The summed E-state index contributed by atoms with van der Waals surface area (Å²) in [6, 6.07) is 4.10. The number of nitrogens with one attached hydrogen (secondary N) is 1. The molecule has 1 aliphatic rings. The zero-order valence-corrected chi connectivity index (χ0v) is 14.8. The molecule has 3 rings (SSSR count). The van der Waals surface area contributed by atoms with E-state index in [9.17, 15) is 4.79 Å². The Morgan fingerprint density at radius 2 is 2.13 bits per heavy atom. The number of pyridine rings is 1. The van der Waals surface area contributed by atoms with E-state index in [1.54, 1.807) is 12.4 Å². The fourth-order valence-electron chi connectivity index (χ4n) is 2.97. The molecule has 5 nitrogen and oxygen atoms in total. The molecule has 2 aromatic rings. The standard InChI is InChI=1S/C16H17BrClN3O2/c17-14-8-19-7-10-6-15(18)11(5-13(10)14)9-21-3-1-12(2-4-21)20-16(22)23/h5-8,12,20H,1-4,9H2,(H,22,23). The summed E-state index contributed by atoms with van der Waals surface area (Å²) in [5.74, 6) is 0. The van der Waals surface area contributed by atoms with Gasteiger partial charge in [0.15, 0.2) is 0 Å². The van der Waals surface area contributed by atoms with Crippen molar-refractivity contribution in [1.82, 2.24) is 15.2 Å². The molecule has 0 radical (unpaired) electrons. The fraction of sp³-hybridized carbons (Fsp3) is 0.375. The molecule has 1 saturated heterocycles. The van der Waals surface area contributed by atoms with Crippen LogP contribution in [0.1, 0.15) is 18.4 Å². The van der Waals surface area contributed by atoms with Gasteiger partial charge in [-0.1, -0.05) is 11.6 Å². The van der Waals surface area contributed by atoms with E-state index in [0.717, 1.165) is 58.3 Å². The average molecular weight is 399 g/mol. The number of piperidine rings is 1. The molecule has 0 aliphatic carbocycles. The molecule has 2 heterocycles. The van der Waals surface area contributed by atoms with E-state index in [-0.39, 0.29) is 6.04 Å². The molecule has 23 heavy (non-hydrogen) atoms. The first kappa shape index (κ1) is 16.5. The van der Waals surface area contributed by atoms with Crippen LogP contribution in [0.25, 0.3) is 10.8 Å². The van der Waals surface area contributed by atoms with Crippen LogP contribution in [0.15, 0.2) is 29.0 Å². The molecule has 0 saturated carbocycles. The Hall–Kier alpha value is -1.37. The number of amides is 1. The summed E-state index contributed by atoms with van der Waals surface area (Å²) in [6.45, 7) is 2.48. The Labute approximate surface area is 147 Å². The van der Waals surface area contributed by atoms with Crippen molar-refractivity contribution >= 4 is 44.4 Å². The summed E-state index contributed by atoms with van der Waals surface area (Å²) in [6.07, 6.45) is 4.29. The van der Waals surface area contributed by atoms with E-state index in [2.05, 4.69) is 37.2 Å². The first-order valence-electron chi connectivity index (χ1n) is 7.46. The fourth-order valence-corrected chi connectivity index (χ4v) is 3.67. The second-order valence-corrected chi connectivity index (χ2v) is 7.05. The van der Waals surface area contributed by atoms with Crippen LogP contribution in [0.3, 0.4) is 0 Å². The normalized spacial score (nSPS) is 16.6. The largest absolute Gasteiger partial charge is 0.465 e.